The van der Waals surface area contributed by atoms with Gasteiger partial charge in [0.15, 0.2) is 0 Å². The summed E-state index contributed by atoms with van der Waals surface area (Å²) in [6.07, 6.45) is 8.46. The number of rotatable bonds is 16. The Labute approximate surface area is 252 Å². The molecule has 1 aromatic carbocycles. The van der Waals surface area contributed by atoms with Crippen LogP contribution in [0.3, 0.4) is 0 Å². The number of benzene rings is 1. The molecule has 2 aromatic rings. The number of para-hydroxylation sites is 1. The number of aliphatic hydroxyl groups excluding tert-OH is 1. The number of carbonyl (C=O) groups is 3. The lowest BCUT2D eigenvalue weighted by Crippen LogP contribution is -2.56. The summed E-state index contributed by atoms with van der Waals surface area (Å²) in [5, 5.41) is 18.0. The largest absolute Gasteiger partial charge is 0.465 e. The summed E-state index contributed by atoms with van der Waals surface area (Å²) < 4.78 is 14.2. The molecule has 11 nitrogen and oxygen atoms in total. The van der Waals surface area contributed by atoms with Crippen molar-refractivity contribution in [3.05, 3.63) is 49.6 Å². The lowest BCUT2D eigenvalue weighted by molar-refractivity contribution is -0.162. The first-order chi connectivity index (χ1) is 20.9. The molecule has 2 amide bonds. The van der Waals surface area contributed by atoms with Crippen molar-refractivity contribution in [2.75, 3.05) is 26.3 Å². The summed E-state index contributed by atoms with van der Waals surface area (Å²) in [4.78, 5) is 45.8. The van der Waals surface area contributed by atoms with Crippen molar-refractivity contribution in [1.29, 1.82) is 0 Å². The number of aromatic nitrogens is 3. The maximum absolute atomic E-state index is 14.6. The van der Waals surface area contributed by atoms with Gasteiger partial charge in [-0.15, -0.1) is 18.3 Å². The van der Waals surface area contributed by atoms with E-state index in [0.717, 1.165) is 18.4 Å². The molecule has 1 aromatic heterocycles. The Morgan fingerprint density at radius 3 is 2.74 bits per heavy atom. The molecule has 0 saturated carbocycles. The highest BCUT2D eigenvalue weighted by molar-refractivity contribution is 5.98. The van der Waals surface area contributed by atoms with Crippen molar-refractivity contribution < 1.29 is 29.0 Å². The van der Waals surface area contributed by atoms with Gasteiger partial charge in [-0.05, 0) is 63.5 Å². The third-order valence-corrected chi connectivity index (χ3v) is 9.41. The van der Waals surface area contributed by atoms with Crippen molar-refractivity contribution in [3.8, 4) is 0 Å². The van der Waals surface area contributed by atoms with E-state index in [2.05, 4.69) is 23.5 Å². The van der Waals surface area contributed by atoms with Gasteiger partial charge >= 0.3 is 5.97 Å². The highest BCUT2D eigenvalue weighted by Gasteiger charge is 2.79. The normalized spacial score (nSPS) is 27.4. The molecule has 5 atom stereocenters. The SMILES string of the molecule is C=CCCCCOC(=O)[C@H]1[C@H]2C(=O)N(CCCCO)C(C(=O)N(CC=C)Cn3nnc4ccccc43)C23CC[C@]1(CC)O3. The number of aliphatic hydroxyl groups is 1. The van der Waals surface area contributed by atoms with E-state index in [1.807, 2.05) is 37.3 Å². The highest BCUT2D eigenvalue weighted by atomic mass is 16.6. The second-order valence-corrected chi connectivity index (χ2v) is 11.8. The summed E-state index contributed by atoms with van der Waals surface area (Å²) in [5.74, 6) is -2.58. The predicted octanol–water partition coefficient (Wildman–Crippen LogP) is 3.23. The van der Waals surface area contributed by atoms with Gasteiger partial charge in [0, 0.05) is 19.7 Å². The van der Waals surface area contributed by atoms with Crippen LogP contribution in [0.15, 0.2) is 49.6 Å². The lowest BCUT2D eigenvalue weighted by Gasteiger charge is -2.36. The van der Waals surface area contributed by atoms with Crippen LogP contribution >= 0.6 is 0 Å². The van der Waals surface area contributed by atoms with Crippen LogP contribution in [0.4, 0.5) is 0 Å². The molecule has 4 heterocycles. The fourth-order valence-corrected chi connectivity index (χ4v) is 7.37. The molecule has 3 saturated heterocycles. The standard InChI is InChI=1S/C32H43N5O6/c1-4-7-8-13-21-42-30(41)26-25-28(39)36(19-11-12-20-38)27(32(25)17-16-31(26,6-3)43-32)29(40)35(18-5-2)22-37-24-15-10-9-14-23(24)33-34-37/h4-5,9-10,14-15,25-27,38H,1-2,6-8,11-13,16-22H2,3H3/t25-,26+,27?,31-,32?/m0/s1. The molecule has 0 radical (unpaired) electrons. The summed E-state index contributed by atoms with van der Waals surface area (Å²) in [7, 11) is 0. The van der Waals surface area contributed by atoms with E-state index in [9.17, 15) is 19.5 Å². The number of ether oxygens (including phenoxy) is 2. The third-order valence-electron chi connectivity index (χ3n) is 9.41. The van der Waals surface area contributed by atoms with Gasteiger partial charge in [0.05, 0.1) is 23.6 Å². The number of unbranched alkanes of at least 4 members (excludes halogenated alkanes) is 3. The van der Waals surface area contributed by atoms with E-state index in [-0.39, 0.29) is 44.8 Å². The van der Waals surface area contributed by atoms with Crippen LogP contribution in [-0.4, -0.2) is 91.2 Å². The Balaban J connectivity index is 1.48. The van der Waals surface area contributed by atoms with Crippen molar-refractivity contribution in [2.45, 2.75) is 82.2 Å². The molecule has 5 rings (SSSR count). The zero-order valence-corrected chi connectivity index (χ0v) is 25.0. The Morgan fingerprint density at radius 1 is 1.19 bits per heavy atom. The maximum Gasteiger partial charge on any atom is 0.312 e. The Kier molecular flexibility index (Phi) is 9.31. The van der Waals surface area contributed by atoms with Gasteiger partial charge in [0.1, 0.15) is 29.7 Å². The number of nitrogens with zero attached hydrogens (tertiary/aromatic N) is 5. The minimum atomic E-state index is -1.15. The number of allylic oxidation sites excluding steroid dienone is 1. The summed E-state index contributed by atoms with van der Waals surface area (Å²) in [6, 6.07) is 6.58. The van der Waals surface area contributed by atoms with Gasteiger partial charge in [0.25, 0.3) is 0 Å². The first-order valence-corrected chi connectivity index (χ1v) is 15.4. The number of carbonyl (C=O) groups excluding carboxylic acids is 3. The topological polar surface area (TPSA) is 127 Å². The van der Waals surface area contributed by atoms with Crippen molar-refractivity contribution >= 4 is 28.8 Å². The smallest absolute Gasteiger partial charge is 0.312 e. The molecule has 0 aliphatic carbocycles. The van der Waals surface area contributed by atoms with Gasteiger partial charge in [-0.25, -0.2) is 4.68 Å². The zero-order valence-electron chi connectivity index (χ0n) is 25.0. The molecule has 2 bridgehead atoms. The van der Waals surface area contributed by atoms with Crippen LogP contribution in [-0.2, 0) is 30.5 Å². The first-order valence-electron chi connectivity index (χ1n) is 15.4. The second-order valence-electron chi connectivity index (χ2n) is 11.8. The Morgan fingerprint density at radius 2 is 2.00 bits per heavy atom. The molecule has 2 unspecified atom stereocenters. The minimum Gasteiger partial charge on any atom is -0.465 e. The van der Waals surface area contributed by atoms with Crippen LogP contribution in [0, 0.1) is 11.8 Å². The molecule has 3 aliphatic heterocycles. The number of fused-ring (bicyclic) bond motifs is 2. The van der Waals surface area contributed by atoms with Crippen LogP contribution in [0.25, 0.3) is 11.0 Å². The molecular weight excluding hydrogens is 550 g/mol. The van der Waals surface area contributed by atoms with Crippen molar-refractivity contribution in [3.63, 3.8) is 0 Å². The summed E-state index contributed by atoms with van der Waals surface area (Å²) in [5.41, 5.74) is -0.525. The quantitative estimate of drug-likeness (QED) is 0.179. The van der Waals surface area contributed by atoms with E-state index < -0.39 is 35.0 Å². The zero-order chi connectivity index (χ0) is 30.6. The van der Waals surface area contributed by atoms with E-state index in [1.54, 1.807) is 20.6 Å². The number of likely N-dealkylation sites (tertiary alicyclic amines) is 1. The van der Waals surface area contributed by atoms with E-state index in [1.165, 1.54) is 0 Å². The lowest BCUT2D eigenvalue weighted by atomic mass is 9.65. The van der Waals surface area contributed by atoms with Crippen molar-refractivity contribution in [2.24, 2.45) is 11.8 Å². The predicted molar refractivity (Wildman–Crippen MR) is 159 cm³/mol. The molecule has 43 heavy (non-hydrogen) atoms. The molecular formula is C32H43N5O6. The van der Waals surface area contributed by atoms with E-state index in [4.69, 9.17) is 9.47 Å². The number of hydrogen-bond acceptors (Lipinski definition) is 8. The molecule has 1 N–H and O–H groups in total. The van der Waals surface area contributed by atoms with Crippen LogP contribution in [0.5, 0.6) is 0 Å². The van der Waals surface area contributed by atoms with Gasteiger partial charge in [-0.1, -0.05) is 36.4 Å². The van der Waals surface area contributed by atoms with E-state index in [0.29, 0.717) is 44.0 Å². The highest BCUT2D eigenvalue weighted by Crippen LogP contribution is 2.64. The molecule has 3 fully saturated rings. The fourth-order valence-electron chi connectivity index (χ4n) is 7.37. The summed E-state index contributed by atoms with van der Waals surface area (Å²) in [6.45, 7) is 10.4. The molecule has 11 heteroatoms. The number of esters is 1. The molecule has 1 spiro atoms. The van der Waals surface area contributed by atoms with E-state index >= 15 is 0 Å². The Hall–Kier alpha value is -3.57. The fraction of sp³-hybridized carbons (Fsp3) is 0.594. The van der Waals surface area contributed by atoms with Gasteiger partial charge < -0.3 is 24.4 Å². The monoisotopic (exact) mass is 593 g/mol. The number of hydrogen-bond donors (Lipinski definition) is 1. The van der Waals surface area contributed by atoms with Crippen LogP contribution in [0.2, 0.25) is 0 Å². The minimum absolute atomic E-state index is 0.0204. The number of amides is 2. The molecule has 232 valence electrons. The van der Waals surface area contributed by atoms with Gasteiger partial charge in [0.2, 0.25) is 11.8 Å². The average molecular weight is 594 g/mol. The first kappa shape index (κ1) is 30.9. The van der Waals surface area contributed by atoms with Crippen LogP contribution in [0.1, 0.15) is 58.3 Å². The Bertz CT molecular complexity index is 1360. The van der Waals surface area contributed by atoms with Crippen molar-refractivity contribution in [1.82, 2.24) is 24.8 Å². The van der Waals surface area contributed by atoms with Gasteiger partial charge in [-0.3, -0.25) is 14.4 Å². The average Bonchev–Trinajstić information content (AvgIpc) is 3.74. The summed E-state index contributed by atoms with van der Waals surface area (Å²) >= 11 is 0. The molecule has 3 aliphatic rings. The second kappa shape index (κ2) is 13.0. The third kappa shape index (κ3) is 5.37. The maximum atomic E-state index is 14.6. The van der Waals surface area contributed by atoms with Crippen LogP contribution < -0.4 is 0 Å². The van der Waals surface area contributed by atoms with Gasteiger partial charge in [-0.2, -0.15) is 0 Å².